The molecule has 1 heterocycles. The van der Waals surface area contributed by atoms with Gasteiger partial charge in [0.05, 0.1) is 17.5 Å². The lowest BCUT2D eigenvalue weighted by Crippen LogP contribution is -2.19. The van der Waals surface area contributed by atoms with E-state index in [0.717, 1.165) is 0 Å². The lowest BCUT2D eigenvalue weighted by atomic mass is 10.1. The first-order valence-corrected chi connectivity index (χ1v) is 5.28. The first-order chi connectivity index (χ1) is 8.99. The number of aldehydes is 1. The number of ether oxygens (including phenoxy) is 1. The van der Waals surface area contributed by atoms with Crippen LogP contribution in [-0.4, -0.2) is 29.3 Å². The smallest absolute Gasteiger partial charge is 0.422 e. The van der Waals surface area contributed by atoms with Crippen LogP contribution >= 0.6 is 0 Å². The third-order valence-corrected chi connectivity index (χ3v) is 2.34. The Morgan fingerprint density at radius 1 is 1.26 bits per heavy atom. The minimum atomic E-state index is -4.37. The largest absolute Gasteiger partial charge is 0.484 e. The van der Waals surface area contributed by atoms with E-state index < -0.39 is 12.8 Å². The van der Waals surface area contributed by atoms with Crippen molar-refractivity contribution >= 4 is 6.29 Å². The topological polar surface area (TPSA) is 55.0 Å². The third kappa shape index (κ3) is 3.34. The molecule has 2 rings (SSSR count). The molecule has 0 spiro atoms. The highest BCUT2D eigenvalue weighted by molar-refractivity contribution is 5.85. The van der Waals surface area contributed by atoms with E-state index in [9.17, 15) is 18.0 Å². The highest BCUT2D eigenvalue weighted by Crippen LogP contribution is 2.24. The van der Waals surface area contributed by atoms with Gasteiger partial charge in [0.1, 0.15) is 5.75 Å². The normalized spacial score (nSPS) is 11.3. The number of aromatic amines is 1. The van der Waals surface area contributed by atoms with Crippen molar-refractivity contribution in [2.24, 2.45) is 0 Å². The molecule has 1 aromatic heterocycles. The number of carbonyl (C=O) groups excluding carboxylic acids is 1. The van der Waals surface area contributed by atoms with E-state index in [1.807, 2.05) is 0 Å². The quantitative estimate of drug-likeness (QED) is 0.869. The summed E-state index contributed by atoms with van der Waals surface area (Å²) in [6.07, 6.45) is -2.35. The lowest BCUT2D eigenvalue weighted by molar-refractivity contribution is -0.153. The summed E-state index contributed by atoms with van der Waals surface area (Å²) in [6, 6.07) is 5.89. The Morgan fingerprint density at radius 2 is 1.95 bits per heavy atom. The molecule has 4 nitrogen and oxygen atoms in total. The SMILES string of the molecule is O=Cc1cn[nH]c1-c1ccc(OCC(F)(F)F)cc1. The van der Waals surface area contributed by atoms with Gasteiger partial charge in [-0.1, -0.05) is 0 Å². The van der Waals surface area contributed by atoms with Gasteiger partial charge in [-0.3, -0.25) is 9.89 Å². The maximum Gasteiger partial charge on any atom is 0.422 e. The monoisotopic (exact) mass is 270 g/mol. The van der Waals surface area contributed by atoms with Gasteiger partial charge >= 0.3 is 6.18 Å². The zero-order valence-corrected chi connectivity index (χ0v) is 9.57. The number of benzene rings is 1. The van der Waals surface area contributed by atoms with Crippen molar-refractivity contribution in [2.45, 2.75) is 6.18 Å². The summed E-state index contributed by atoms with van der Waals surface area (Å²) in [7, 11) is 0. The van der Waals surface area contributed by atoms with Crippen molar-refractivity contribution in [3.05, 3.63) is 36.0 Å². The summed E-state index contributed by atoms with van der Waals surface area (Å²) in [6.45, 7) is -1.34. The number of hydrogen-bond donors (Lipinski definition) is 1. The molecular formula is C12H9F3N2O2. The highest BCUT2D eigenvalue weighted by atomic mass is 19.4. The van der Waals surface area contributed by atoms with E-state index in [1.54, 1.807) is 12.1 Å². The van der Waals surface area contributed by atoms with E-state index >= 15 is 0 Å². The first kappa shape index (κ1) is 13.1. The number of halogens is 3. The molecule has 100 valence electrons. The van der Waals surface area contributed by atoms with Crippen LogP contribution in [0.4, 0.5) is 13.2 Å². The van der Waals surface area contributed by atoms with Crippen LogP contribution < -0.4 is 4.74 Å². The summed E-state index contributed by atoms with van der Waals surface area (Å²) in [5.41, 5.74) is 1.53. The molecular weight excluding hydrogens is 261 g/mol. The van der Waals surface area contributed by atoms with Gasteiger partial charge in [-0.05, 0) is 24.3 Å². The van der Waals surface area contributed by atoms with E-state index in [-0.39, 0.29) is 5.75 Å². The minimum Gasteiger partial charge on any atom is -0.484 e. The van der Waals surface area contributed by atoms with Gasteiger partial charge in [0, 0.05) is 5.56 Å². The van der Waals surface area contributed by atoms with E-state index in [4.69, 9.17) is 0 Å². The van der Waals surface area contributed by atoms with E-state index in [2.05, 4.69) is 14.9 Å². The van der Waals surface area contributed by atoms with Gasteiger partial charge in [-0.15, -0.1) is 0 Å². The standard InChI is InChI=1S/C12H9F3N2O2/c13-12(14,15)7-19-10-3-1-8(2-4-10)11-9(6-18)5-16-17-11/h1-6H,7H2,(H,16,17). The van der Waals surface area contributed by atoms with Crippen molar-refractivity contribution in [3.63, 3.8) is 0 Å². The third-order valence-electron chi connectivity index (χ3n) is 2.34. The number of nitrogens with one attached hydrogen (secondary N) is 1. The first-order valence-electron chi connectivity index (χ1n) is 5.28. The molecule has 0 saturated heterocycles. The van der Waals surface area contributed by atoms with Crippen LogP contribution in [0.2, 0.25) is 0 Å². The van der Waals surface area contributed by atoms with Crippen LogP contribution in [-0.2, 0) is 0 Å². The van der Waals surface area contributed by atoms with Crippen LogP contribution in [0.25, 0.3) is 11.3 Å². The zero-order valence-electron chi connectivity index (χ0n) is 9.57. The van der Waals surface area contributed by atoms with E-state index in [0.29, 0.717) is 23.1 Å². The molecule has 1 aromatic carbocycles. The number of H-pyrrole nitrogens is 1. The molecule has 0 fully saturated rings. The van der Waals surface area contributed by atoms with Gasteiger partial charge in [-0.25, -0.2) is 0 Å². The average Bonchev–Trinajstić information content (AvgIpc) is 2.84. The van der Waals surface area contributed by atoms with Crippen molar-refractivity contribution < 1.29 is 22.7 Å². The summed E-state index contributed by atoms with van der Waals surface area (Å²) >= 11 is 0. The average molecular weight is 270 g/mol. The molecule has 0 aliphatic carbocycles. The Balaban J connectivity index is 2.13. The maximum atomic E-state index is 12.0. The van der Waals surface area contributed by atoms with Crippen molar-refractivity contribution in [1.82, 2.24) is 10.2 Å². The fraction of sp³-hybridized carbons (Fsp3) is 0.167. The molecule has 0 amide bonds. The van der Waals surface area contributed by atoms with Crippen molar-refractivity contribution in [1.29, 1.82) is 0 Å². The summed E-state index contributed by atoms with van der Waals surface area (Å²) in [5.74, 6) is 0.105. The Labute approximate surface area is 106 Å². The Kier molecular flexibility index (Phi) is 3.55. The molecule has 0 atom stereocenters. The number of nitrogens with zero attached hydrogens (tertiary/aromatic N) is 1. The molecule has 2 aromatic rings. The summed E-state index contributed by atoms with van der Waals surface area (Å²) < 4.78 is 40.5. The Hall–Kier alpha value is -2.31. The molecule has 0 unspecified atom stereocenters. The second-order valence-electron chi connectivity index (χ2n) is 3.75. The maximum absolute atomic E-state index is 12.0. The molecule has 0 aliphatic rings. The van der Waals surface area contributed by atoms with Crippen LogP contribution in [0.3, 0.4) is 0 Å². The molecule has 7 heteroatoms. The molecule has 0 aliphatic heterocycles. The van der Waals surface area contributed by atoms with Crippen LogP contribution in [0, 0.1) is 0 Å². The van der Waals surface area contributed by atoms with Crippen LogP contribution in [0.1, 0.15) is 10.4 Å². The second kappa shape index (κ2) is 5.13. The summed E-state index contributed by atoms with van der Waals surface area (Å²) in [4.78, 5) is 10.7. The second-order valence-corrected chi connectivity index (χ2v) is 3.75. The predicted molar refractivity (Wildman–Crippen MR) is 61.0 cm³/mol. The van der Waals surface area contributed by atoms with Gasteiger partial charge < -0.3 is 4.74 Å². The Bertz CT molecular complexity index is 561. The fourth-order valence-electron chi connectivity index (χ4n) is 1.50. The Morgan fingerprint density at radius 3 is 2.53 bits per heavy atom. The summed E-state index contributed by atoms with van der Waals surface area (Å²) in [5, 5.41) is 6.37. The number of rotatable bonds is 4. The van der Waals surface area contributed by atoms with Gasteiger partial charge in [0.15, 0.2) is 12.9 Å². The van der Waals surface area contributed by atoms with Gasteiger partial charge in [0.2, 0.25) is 0 Å². The molecule has 0 saturated carbocycles. The van der Waals surface area contributed by atoms with E-state index in [1.165, 1.54) is 18.3 Å². The number of carbonyl (C=O) groups is 1. The number of hydrogen-bond acceptors (Lipinski definition) is 3. The van der Waals surface area contributed by atoms with Gasteiger partial charge in [0.25, 0.3) is 0 Å². The number of aromatic nitrogens is 2. The molecule has 0 bridgehead atoms. The molecule has 19 heavy (non-hydrogen) atoms. The minimum absolute atomic E-state index is 0.105. The highest BCUT2D eigenvalue weighted by Gasteiger charge is 2.28. The van der Waals surface area contributed by atoms with Crippen LogP contribution in [0.5, 0.6) is 5.75 Å². The van der Waals surface area contributed by atoms with Crippen molar-refractivity contribution in [3.8, 4) is 17.0 Å². The fourth-order valence-corrected chi connectivity index (χ4v) is 1.50. The van der Waals surface area contributed by atoms with Crippen LogP contribution in [0.15, 0.2) is 30.5 Å². The number of alkyl halides is 3. The van der Waals surface area contributed by atoms with Crippen molar-refractivity contribution in [2.75, 3.05) is 6.61 Å². The lowest BCUT2D eigenvalue weighted by Gasteiger charge is -2.09. The zero-order chi connectivity index (χ0) is 13.9. The van der Waals surface area contributed by atoms with Gasteiger partial charge in [-0.2, -0.15) is 18.3 Å². The molecule has 1 N–H and O–H groups in total. The molecule has 0 radical (unpaired) electrons. The predicted octanol–water partition coefficient (Wildman–Crippen LogP) is 2.83.